The zero-order chi connectivity index (χ0) is 12.3. The van der Waals surface area contributed by atoms with Gasteiger partial charge in [0, 0.05) is 5.56 Å². The minimum atomic E-state index is -4.31. The van der Waals surface area contributed by atoms with Crippen molar-refractivity contribution in [3.8, 4) is 0 Å². The summed E-state index contributed by atoms with van der Waals surface area (Å²) in [6.07, 6.45) is -3.69. The molecular formula is C11H9F3O2. The minimum Gasteiger partial charge on any atom is -0.300 e. The highest BCUT2D eigenvalue weighted by Gasteiger charge is 2.48. The Kier molecular flexibility index (Phi) is 3.47. The van der Waals surface area contributed by atoms with E-state index in [-0.39, 0.29) is 5.56 Å². The third-order valence-electron chi connectivity index (χ3n) is 2.08. The molecule has 0 radical (unpaired) electrons. The Morgan fingerprint density at radius 3 is 2.25 bits per heavy atom. The van der Waals surface area contributed by atoms with Gasteiger partial charge in [0.2, 0.25) is 12.0 Å². The number of hydrogen-bond acceptors (Lipinski definition) is 2. The number of carbonyl (C=O) groups is 2. The fraction of sp³-hybridized carbons (Fsp3) is 0.273. The van der Waals surface area contributed by atoms with Crippen LogP contribution in [0.4, 0.5) is 13.2 Å². The number of hydrogen-bond donors (Lipinski definition) is 0. The maximum atomic E-state index is 13.0. The van der Waals surface area contributed by atoms with Crippen LogP contribution in [0.3, 0.4) is 0 Å². The number of aldehydes is 1. The highest BCUT2D eigenvalue weighted by Crippen LogP contribution is 2.25. The van der Waals surface area contributed by atoms with Crippen LogP contribution >= 0.6 is 0 Å². The second-order valence-electron chi connectivity index (χ2n) is 3.36. The average Bonchev–Trinajstić information content (AvgIpc) is 2.28. The van der Waals surface area contributed by atoms with E-state index in [1.807, 2.05) is 0 Å². The fourth-order valence-electron chi connectivity index (χ4n) is 1.11. The summed E-state index contributed by atoms with van der Waals surface area (Å²) in [6, 6.07) is 5.25. The molecule has 0 aliphatic carbocycles. The molecule has 0 N–H and O–H groups in total. The number of aryl methyl sites for hydroxylation is 1. The summed E-state index contributed by atoms with van der Waals surface area (Å²) < 4.78 is 38.7. The van der Waals surface area contributed by atoms with E-state index in [9.17, 15) is 22.8 Å². The van der Waals surface area contributed by atoms with Crippen LogP contribution in [-0.4, -0.2) is 24.2 Å². The summed E-state index contributed by atoms with van der Waals surface area (Å²) in [5.74, 6) is -6.00. The van der Waals surface area contributed by atoms with E-state index < -0.39 is 24.2 Å². The number of benzene rings is 1. The minimum absolute atomic E-state index is 0.319. The molecule has 0 aromatic heterocycles. The van der Waals surface area contributed by atoms with Gasteiger partial charge in [0.25, 0.3) is 0 Å². The maximum absolute atomic E-state index is 13.0. The molecular weight excluding hydrogens is 221 g/mol. The predicted octanol–water partition coefficient (Wildman–Crippen LogP) is 2.35. The largest absolute Gasteiger partial charge is 0.346 e. The number of ketones is 1. The number of Topliss-reactive ketones (excluding diaryl/α,β-unsaturated/α-hetero) is 1. The fourth-order valence-corrected chi connectivity index (χ4v) is 1.11. The Bertz CT molecular complexity index is 398. The highest BCUT2D eigenvalue weighted by atomic mass is 19.3. The predicted molar refractivity (Wildman–Crippen MR) is 51.4 cm³/mol. The van der Waals surface area contributed by atoms with Gasteiger partial charge in [0.1, 0.15) is 0 Å². The molecule has 0 heterocycles. The Balaban J connectivity index is 3.02. The van der Waals surface area contributed by atoms with Gasteiger partial charge in [0.15, 0.2) is 6.29 Å². The smallest absolute Gasteiger partial charge is 0.300 e. The molecule has 1 unspecified atom stereocenters. The van der Waals surface area contributed by atoms with Crippen molar-refractivity contribution < 1.29 is 22.8 Å². The Hall–Kier alpha value is -1.65. The van der Waals surface area contributed by atoms with Crippen molar-refractivity contribution in [2.45, 2.75) is 19.0 Å². The highest BCUT2D eigenvalue weighted by molar-refractivity contribution is 6.03. The van der Waals surface area contributed by atoms with Crippen molar-refractivity contribution in [2.24, 2.45) is 0 Å². The van der Waals surface area contributed by atoms with Gasteiger partial charge >= 0.3 is 5.92 Å². The summed E-state index contributed by atoms with van der Waals surface area (Å²) in [5, 5.41) is 0. The first-order valence-electron chi connectivity index (χ1n) is 4.48. The molecule has 0 saturated heterocycles. The lowest BCUT2D eigenvalue weighted by atomic mass is 10.0. The van der Waals surface area contributed by atoms with Crippen molar-refractivity contribution in [1.29, 1.82) is 0 Å². The van der Waals surface area contributed by atoms with Crippen molar-refractivity contribution in [3.63, 3.8) is 0 Å². The van der Waals surface area contributed by atoms with Gasteiger partial charge in [-0.3, -0.25) is 9.59 Å². The molecule has 0 saturated carbocycles. The normalized spacial score (nSPS) is 13.2. The van der Waals surface area contributed by atoms with Crippen LogP contribution in [0.2, 0.25) is 0 Å². The van der Waals surface area contributed by atoms with Crippen molar-refractivity contribution in [1.82, 2.24) is 0 Å². The van der Waals surface area contributed by atoms with Gasteiger partial charge in [-0.2, -0.15) is 8.78 Å². The topological polar surface area (TPSA) is 34.1 Å². The van der Waals surface area contributed by atoms with Gasteiger partial charge in [0.05, 0.1) is 0 Å². The van der Waals surface area contributed by atoms with E-state index in [2.05, 4.69) is 0 Å². The van der Waals surface area contributed by atoms with Gasteiger partial charge in [-0.15, -0.1) is 0 Å². The van der Waals surface area contributed by atoms with Crippen LogP contribution in [-0.2, 0) is 4.79 Å². The lowest BCUT2D eigenvalue weighted by Crippen LogP contribution is -2.39. The number of halogens is 3. The Labute approximate surface area is 90.1 Å². The molecule has 2 nitrogen and oxygen atoms in total. The van der Waals surface area contributed by atoms with E-state index >= 15 is 0 Å². The molecule has 5 heteroatoms. The van der Waals surface area contributed by atoms with E-state index in [0.717, 1.165) is 5.56 Å². The van der Waals surface area contributed by atoms with E-state index in [0.29, 0.717) is 0 Å². The zero-order valence-electron chi connectivity index (χ0n) is 8.41. The lowest BCUT2D eigenvalue weighted by Gasteiger charge is -2.15. The van der Waals surface area contributed by atoms with E-state index in [1.54, 1.807) is 6.92 Å². The molecule has 0 fully saturated rings. The van der Waals surface area contributed by atoms with Crippen LogP contribution in [0.25, 0.3) is 0 Å². The van der Waals surface area contributed by atoms with Crippen molar-refractivity contribution >= 4 is 12.1 Å². The summed E-state index contributed by atoms with van der Waals surface area (Å²) in [6.45, 7) is 1.72. The molecule has 1 rings (SSSR count). The van der Waals surface area contributed by atoms with Crippen LogP contribution in [0.15, 0.2) is 24.3 Å². The first kappa shape index (κ1) is 12.4. The molecule has 0 aliphatic rings. The second kappa shape index (κ2) is 4.47. The van der Waals surface area contributed by atoms with E-state index in [1.165, 1.54) is 24.3 Å². The monoisotopic (exact) mass is 230 g/mol. The van der Waals surface area contributed by atoms with Crippen LogP contribution in [0.5, 0.6) is 0 Å². The standard InChI is InChI=1S/C11H9F3O2/c1-7-2-4-8(5-3-7)10(16)11(13,14)9(12)6-15/h2-6,9H,1H3. The Morgan fingerprint density at radius 1 is 1.31 bits per heavy atom. The SMILES string of the molecule is Cc1ccc(C(=O)C(F)(F)C(F)C=O)cc1. The van der Waals surface area contributed by atoms with Crippen molar-refractivity contribution in [2.75, 3.05) is 0 Å². The maximum Gasteiger partial charge on any atom is 0.346 e. The third kappa shape index (κ3) is 2.29. The summed E-state index contributed by atoms with van der Waals surface area (Å²) in [4.78, 5) is 21.2. The molecule has 86 valence electrons. The zero-order valence-corrected chi connectivity index (χ0v) is 8.41. The van der Waals surface area contributed by atoms with Gasteiger partial charge in [-0.1, -0.05) is 29.8 Å². The third-order valence-corrected chi connectivity index (χ3v) is 2.08. The first-order chi connectivity index (χ1) is 7.39. The number of alkyl halides is 3. The van der Waals surface area contributed by atoms with Crippen LogP contribution in [0.1, 0.15) is 15.9 Å². The van der Waals surface area contributed by atoms with Crippen LogP contribution < -0.4 is 0 Å². The molecule has 0 bridgehead atoms. The quantitative estimate of drug-likeness (QED) is 0.587. The average molecular weight is 230 g/mol. The number of carbonyl (C=O) groups excluding carboxylic acids is 2. The summed E-state index contributed by atoms with van der Waals surface area (Å²) >= 11 is 0. The second-order valence-corrected chi connectivity index (χ2v) is 3.36. The van der Waals surface area contributed by atoms with Crippen molar-refractivity contribution in [3.05, 3.63) is 35.4 Å². The first-order valence-corrected chi connectivity index (χ1v) is 4.48. The molecule has 1 atom stereocenters. The molecule has 0 amide bonds. The molecule has 16 heavy (non-hydrogen) atoms. The Morgan fingerprint density at radius 2 is 1.81 bits per heavy atom. The summed E-state index contributed by atoms with van der Waals surface area (Å²) in [5.41, 5.74) is 0.465. The van der Waals surface area contributed by atoms with E-state index in [4.69, 9.17) is 0 Å². The number of rotatable bonds is 4. The molecule has 1 aromatic carbocycles. The molecule has 1 aromatic rings. The molecule has 0 spiro atoms. The van der Waals surface area contributed by atoms with Crippen LogP contribution in [0, 0.1) is 6.92 Å². The van der Waals surface area contributed by atoms with Gasteiger partial charge in [-0.25, -0.2) is 4.39 Å². The van der Waals surface area contributed by atoms with Gasteiger partial charge in [-0.05, 0) is 6.92 Å². The lowest BCUT2D eigenvalue weighted by molar-refractivity contribution is -0.122. The summed E-state index contributed by atoms with van der Waals surface area (Å²) in [7, 11) is 0. The molecule has 0 aliphatic heterocycles. The van der Waals surface area contributed by atoms with Gasteiger partial charge < -0.3 is 0 Å².